The van der Waals surface area contributed by atoms with Gasteiger partial charge in [-0.3, -0.25) is 4.79 Å². The first-order valence-corrected chi connectivity index (χ1v) is 6.66. The zero-order chi connectivity index (χ0) is 14.3. The molecule has 1 aromatic rings. The van der Waals surface area contributed by atoms with Crippen LogP contribution in [0.3, 0.4) is 0 Å². The predicted molar refractivity (Wildman–Crippen MR) is 72.2 cm³/mol. The molecule has 1 fully saturated rings. The minimum atomic E-state index is -1.27. The summed E-state index contributed by atoms with van der Waals surface area (Å²) in [6.07, 6.45) is -0.312. The van der Waals surface area contributed by atoms with E-state index in [-0.39, 0.29) is 0 Å². The van der Waals surface area contributed by atoms with E-state index >= 15 is 0 Å². The maximum Gasteiger partial charge on any atom is 0.257 e. The van der Waals surface area contributed by atoms with E-state index in [9.17, 15) is 14.3 Å². The number of hydrogen-bond donors (Lipinski definition) is 2. The Morgan fingerprint density at radius 1 is 1.55 bits per heavy atom. The predicted octanol–water partition coefficient (Wildman–Crippen LogP) is 1.28. The number of amides is 1. The topological polar surface area (TPSA) is 61.8 Å². The molecule has 2 atom stereocenters. The molecular weight excluding hydrogens is 263 g/mol. The number of aliphatic hydroxyl groups is 1. The lowest BCUT2D eigenvalue weighted by atomic mass is 10.1. The first-order valence-electron chi connectivity index (χ1n) is 6.66. The molecule has 2 aliphatic heterocycles. The summed E-state index contributed by atoms with van der Waals surface area (Å²) >= 11 is 0. The van der Waals surface area contributed by atoms with Gasteiger partial charge in [-0.15, -0.1) is 0 Å². The van der Waals surface area contributed by atoms with Crippen molar-refractivity contribution >= 4 is 17.3 Å². The summed E-state index contributed by atoms with van der Waals surface area (Å²) in [5, 5.41) is 12.2. The fraction of sp³-hybridized carbons (Fsp3) is 0.500. The molecule has 20 heavy (non-hydrogen) atoms. The van der Waals surface area contributed by atoms with Crippen molar-refractivity contribution in [3.05, 3.63) is 23.5 Å². The van der Waals surface area contributed by atoms with E-state index < -0.39 is 17.8 Å². The number of hydrogen-bond acceptors (Lipinski definition) is 4. The molecule has 3 rings (SSSR count). The van der Waals surface area contributed by atoms with Crippen LogP contribution in [0.5, 0.6) is 0 Å². The SMILES string of the molecule is COCC1CCN(c2cc3c(cc2F)C(O)C(=O)N3)C1. The molecule has 108 valence electrons. The van der Waals surface area contributed by atoms with Crippen LogP contribution in [0.2, 0.25) is 0 Å². The van der Waals surface area contributed by atoms with Crippen LogP contribution >= 0.6 is 0 Å². The molecule has 0 bridgehead atoms. The zero-order valence-electron chi connectivity index (χ0n) is 11.2. The largest absolute Gasteiger partial charge is 0.384 e. The van der Waals surface area contributed by atoms with Crippen LogP contribution in [0.15, 0.2) is 12.1 Å². The van der Waals surface area contributed by atoms with Crippen molar-refractivity contribution in [2.45, 2.75) is 12.5 Å². The van der Waals surface area contributed by atoms with Gasteiger partial charge in [0.2, 0.25) is 0 Å². The Balaban J connectivity index is 1.86. The summed E-state index contributed by atoms with van der Waals surface area (Å²) in [7, 11) is 1.66. The van der Waals surface area contributed by atoms with Crippen LogP contribution < -0.4 is 10.2 Å². The van der Waals surface area contributed by atoms with Crippen LogP contribution in [-0.2, 0) is 9.53 Å². The summed E-state index contributed by atoms with van der Waals surface area (Å²) in [6.45, 7) is 2.17. The number of nitrogens with zero attached hydrogens (tertiary/aromatic N) is 1. The number of benzene rings is 1. The number of rotatable bonds is 3. The summed E-state index contributed by atoms with van der Waals surface area (Å²) < 4.78 is 19.3. The number of nitrogens with one attached hydrogen (secondary N) is 1. The number of aliphatic hydroxyl groups excluding tert-OH is 1. The summed E-state index contributed by atoms with van der Waals surface area (Å²) in [5.74, 6) is -0.513. The van der Waals surface area contributed by atoms with Crippen molar-refractivity contribution < 1.29 is 19.0 Å². The molecule has 2 unspecified atom stereocenters. The Morgan fingerprint density at radius 3 is 3.10 bits per heavy atom. The van der Waals surface area contributed by atoms with Gasteiger partial charge in [-0.25, -0.2) is 4.39 Å². The standard InChI is InChI=1S/C14H17FN2O3/c1-20-7-8-2-3-17(6-8)12-5-11-9(4-10(12)15)13(18)14(19)16-11/h4-5,8,13,18H,2-3,6-7H2,1H3,(H,16,19). The molecule has 2 heterocycles. The van der Waals surface area contributed by atoms with E-state index in [1.54, 1.807) is 13.2 Å². The number of methoxy groups -OCH3 is 1. The van der Waals surface area contributed by atoms with Gasteiger partial charge in [0.05, 0.1) is 12.3 Å². The zero-order valence-corrected chi connectivity index (χ0v) is 11.2. The average Bonchev–Trinajstić information content (AvgIpc) is 2.97. The normalized spacial score (nSPS) is 24.9. The van der Waals surface area contributed by atoms with Crippen LogP contribution in [0.25, 0.3) is 0 Å². The highest BCUT2D eigenvalue weighted by Gasteiger charge is 2.32. The van der Waals surface area contributed by atoms with Crippen LogP contribution in [0.4, 0.5) is 15.8 Å². The maximum atomic E-state index is 14.2. The van der Waals surface area contributed by atoms with Gasteiger partial charge in [-0.1, -0.05) is 0 Å². The Labute approximate surface area is 116 Å². The second-order valence-corrected chi connectivity index (χ2v) is 5.34. The molecule has 2 aliphatic rings. The molecule has 0 aromatic heterocycles. The molecule has 5 nitrogen and oxygen atoms in total. The molecule has 1 amide bonds. The van der Waals surface area contributed by atoms with Gasteiger partial charge in [-0.05, 0) is 18.6 Å². The van der Waals surface area contributed by atoms with Crippen LogP contribution in [0.1, 0.15) is 18.1 Å². The maximum absolute atomic E-state index is 14.2. The van der Waals surface area contributed by atoms with Crippen molar-refractivity contribution in [2.75, 3.05) is 37.0 Å². The Hall–Kier alpha value is -1.66. The lowest BCUT2D eigenvalue weighted by Gasteiger charge is -2.20. The van der Waals surface area contributed by atoms with Crippen molar-refractivity contribution in [2.24, 2.45) is 5.92 Å². The fourth-order valence-corrected chi connectivity index (χ4v) is 2.92. The first-order chi connectivity index (χ1) is 9.60. The molecule has 6 heteroatoms. The molecule has 0 radical (unpaired) electrons. The monoisotopic (exact) mass is 280 g/mol. The van der Waals surface area contributed by atoms with E-state index in [2.05, 4.69) is 5.32 Å². The Bertz CT molecular complexity index is 549. The smallest absolute Gasteiger partial charge is 0.257 e. The van der Waals surface area contributed by atoms with Gasteiger partial charge >= 0.3 is 0 Å². The lowest BCUT2D eigenvalue weighted by molar-refractivity contribution is -0.123. The van der Waals surface area contributed by atoms with Crippen molar-refractivity contribution in [1.29, 1.82) is 0 Å². The van der Waals surface area contributed by atoms with Gasteiger partial charge in [0, 0.05) is 37.4 Å². The molecule has 1 saturated heterocycles. The number of fused-ring (bicyclic) bond motifs is 1. The average molecular weight is 280 g/mol. The summed E-state index contributed by atoms with van der Waals surface area (Å²) in [4.78, 5) is 13.4. The number of halogens is 1. The van der Waals surface area contributed by atoms with Gasteiger partial charge in [-0.2, -0.15) is 0 Å². The summed E-state index contributed by atoms with van der Waals surface area (Å²) in [5.41, 5.74) is 1.27. The fourth-order valence-electron chi connectivity index (χ4n) is 2.92. The van der Waals surface area contributed by atoms with Crippen LogP contribution in [0, 0.1) is 11.7 Å². The van der Waals surface area contributed by atoms with E-state index in [1.807, 2.05) is 4.90 Å². The number of carbonyl (C=O) groups excluding carboxylic acids is 1. The van der Waals surface area contributed by atoms with Crippen molar-refractivity contribution in [1.82, 2.24) is 0 Å². The highest BCUT2D eigenvalue weighted by molar-refractivity contribution is 6.02. The molecule has 1 aromatic carbocycles. The van der Waals surface area contributed by atoms with E-state index in [4.69, 9.17) is 4.74 Å². The second-order valence-electron chi connectivity index (χ2n) is 5.34. The van der Waals surface area contributed by atoms with Gasteiger partial charge in [0.15, 0.2) is 6.10 Å². The van der Waals surface area contributed by atoms with Crippen LogP contribution in [-0.4, -0.2) is 37.8 Å². The quantitative estimate of drug-likeness (QED) is 0.875. The van der Waals surface area contributed by atoms with Crippen molar-refractivity contribution in [3.63, 3.8) is 0 Å². The summed E-state index contributed by atoms with van der Waals surface area (Å²) in [6, 6.07) is 2.85. The first kappa shape index (κ1) is 13.3. The molecule has 2 N–H and O–H groups in total. The minimum absolute atomic E-state index is 0.309. The lowest BCUT2D eigenvalue weighted by Crippen LogP contribution is -2.22. The number of anilines is 2. The Morgan fingerprint density at radius 2 is 2.35 bits per heavy atom. The van der Waals surface area contributed by atoms with E-state index in [1.165, 1.54) is 6.07 Å². The van der Waals surface area contributed by atoms with Crippen molar-refractivity contribution in [3.8, 4) is 0 Å². The van der Waals surface area contributed by atoms with Gasteiger partial charge < -0.3 is 20.1 Å². The third kappa shape index (κ3) is 2.14. The highest BCUT2D eigenvalue weighted by Crippen LogP contribution is 2.37. The third-order valence-corrected chi connectivity index (χ3v) is 3.95. The number of carbonyl (C=O) groups is 1. The van der Waals surface area contributed by atoms with E-state index in [0.29, 0.717) is 29.5 Å². The number of ether oxygens (including phenoxy) is 1. The second kappa shape index (κ2) is 5.03. The third-order valence-electron chi connectivity index (χ3n) is 3.95. The highest BCUT2D eigenvalue weighted by atomic mass is 19.1. The molecule has 0 aliphatic carbocycles. The van der Waals surface area contributed by atoms with Gasteiger partial charge in [0.1, 0.15) is 5.82 Å². The molecule has 0 spiro atoms. The minimum Gasteiger partial charge on any atom is -0.384 e. The van der Waals surface area contributed by atoms with E-state index in [0.717, 1.165) is 19.5 Å². The van der Waals surface area contributed by atoms with Gasteiger partial charge in [0.25, 0.3) is 5.91 Å². The molecule has 0 saturated carbocycles. The molecular formula is C14H17FN2O3. The Kier molecular flexibility index (Phi) is 3.35.